The van der Waals surface area contributed by atoms with Gasteiger partial charge in [0.25, 0.3) is 0 Å². The maximum absolute atomic E-state index is 11.5. The van der Waals surface area contributed by atoms with Gasteiger partial charge in [0.1, 0.15) is 6.04 Å². The minimum atomic E-state index is -0.475. The molecule has 0 aromatic heterocycles. The Labute approximate surface area is 136 Å². The number of ether oxygens (including phenoxy) is 1. The number of carbonyl (C=O) groups excluding carboxylic acids is 1. The number of unbranched alkanes of at least 4 members (excludes halogenated alkanes) is 6. The highest BCUT2D eigenvalue weighted by Crippen LogP contribution is 2.06. The number of halogens is 2. The lowest BCUT2D eigenvalue weighted by atomic mass is 10.1. The maximum atomic E-state index is 11.5. The van der Waals surface area contributed by atoms with Crippen LogP contribution >= 0.6 is 24.8 Å². The predicted molar refractivity (Wildman–Crippen MR) is 89.7 cm³/mol. The molecular formula is C14H32Cl2N2O2. The summed E-state index contributed by atoms with van der Waals surface area (Å²) < 4.78 is 5.15. The van der Waals surface area contributed by atoms with Crippen LogP contribution < -0.4 is 11.5 Å². The van der Waals surface area contributed by atoms with Crippen LogP contribution in [0.25, 0.3) is 0 Å². The Balaban J connectivity index is -0.00000144. The van der Waals surface area contributed by atoms with E-state index in [-0.39, 0.29) is 30.8 Å². The van der Waals surface area contributed by atoms with E-state index in [0.29, 0.717) is 19.6 Å². The molecule has 0 unspecified atom stereocenters. The van der Waals surface area contributed by atoms with E-state index in [2.05, 4.69) is 6.92 Å². The second-order valence-corrected chi connectivity index (χ2v) is 4.83. The summed E-state index contributed by atoms with van der Waals surface area (Å²) in [5.74, 6) is -0.263. The molecule has 4 N–H and O–H groups in total. The third-order valence-corrected chi connectivity index (χ3v) is 3.01. The fourth-order valence-electron chi connectivity index (χ4n) is 1.79. The van der Waals surface area contributed by atoms with Crippen molar-refractivity contribution in [2.24, 2.45) is 11.5 Å². The second-order valence-electron chi connectivity index (χ2n) is 4.83. The lowest BCUT2D eigenvalue weighted by Gasteiger charge is -2.11. The van der Waals surface area contributed by atoms with Crippen molar-refractivity contribution in [2.75, 3.05) is 13.2 Å². The van der Waals surface area contributed by atoms with Crippen molar-refractivity contribution in [3.8, 4) is 0 Å². The van der Waals surface area contributed by atoms with E-state index >= 15 is 0 Å². The van der Waals surface area contributed by atoms with E-state index in [1.165, 1.54) is 25.7 Å². The Bertz CT molecular complexity index is 208. The molecule has 124 valence electrons. The molecular weight excluding hydrogens is 299 g/mol. The molecule has 0 aliphatic heterocycles. The smallest absolute Gasteiger partial charge is 0.322 e. The van der Waals surface area contributed by atoms with Gasteiger partial charge in [-0.05, 0) is 25.8 Å². The van der Waals surface area contributed by atoms with E-state index in [1.54, 1.807) is 0 Å². The van der Waals surface area contributed by atoms with E-state index in [0.717, 1.165) is 25.7 Å². The highest BCUT2D eigenvalue weighted by atomic mass is 35.5. The Morgan fingerprint density at radius 1 is 1.00 bits per heavy atom. The molecule has 0 radical (unpaired) electrons. The fraction of sp³-hybridized carbons (Fsp3) is 0.929. The van der Waals surface area contributed by atoms with Gasteiger partial charge < -0.3 is 16.2 Å². The first-order valence-electron chi connectivity index (χ1n) is 7.34. The van der Waals surface area contributed by atoms with Crippen molar-refractivity contribution in [3.63, 3.8) is 0 Å². The maximum Gasteiger partial charge on any atom is 0.322 e. The van der Waals surface area contributed by atoms with Gasteiger partial charge in [-0.3, -0.25) is 4.79 Å². The summed E-state index contributed by atoms with van der Waals surface area (Å²) in [5, 5.41) is 0. The molecule has 0 saturated heterocycles. The molecule has 0 aromatic rings. The van der Waals surface area contributed by atoms with Gasteiger partial charge >= 0.3 is 5.97 Å². The molecule has 0 bridgehead atoms. The summed E-state index contributed by atoms with van der Waals surface area (Å²) in [4.78, 5) is 11.5. The number of hydrogen-bond acceptors (Lipinski definition) is 4. The summed E-state index contributed by atoms with van der Waals surface area (Å²) in [7, 11) is 0. The van der Waals surface area contributed by atoms with Crippen LogP contribution in [-0.4, -0.2) is 25.2 Å². The Kier molecular flexibility index (Phi) is 23.7. The average Bonchev–Trinajstić information content (AvgIpc) is 2.37. The normalized spacial score (nSPS) is 11.2. The molecule has 0 saturated carbocycles. The van der Waals surface area contributed by atoms with E-state index < -0.39 is 6.04 Å². The SMILES string of the molecule is CCCCCCCCOC(=O)[C@@H](N)CCCCN.Cl.Cl. The van der Waals surface area contributed by atoms with Crippen LogP contribution in [0.1, 0.15) is 64.7 Å². The highest BCUT2D eigenvalue weighted by Gasteiger charge is 2.13. The molecule has 0 spiro atoms. The molecule has 0 aliphatic carbocycles. The summed E-state index contributed by atoms with van der Waals surface area (Å²) in [5.41, 5.74) is 11.1. The van der Waals surface area contributed by atoms with Crippen LogP contribution in [0, 0.1) is 0 Å². The van der Waals surface area contributed by atoms with Crippen LogP contribution in [-0.2, 0) is 9.53 Å². The van der Waals surface area contributed by atoms with Gasteiger partial charge in [0.05, 0.1) is 6.61 Å². The molecule has 6 heteroatoms. The first-order chi connectivity index (χ1) is 8.72. The zero-order chi connectivity index (χ0) is 13.6. The van der Waals surface area contributed by atoms with Gasteiger partial charge in [0, 0.05) is 0 Å². The van der Waals surface area contributed by atoms with Crippen LogP contribution in [0.5, 0.6) is 0 Å². The van der Waals surface area contributed by atoms with Gasteiger partial charge in [-0.25, -0.2) is 0 Å². The molecule has 1 atom stereocenters. The average molecular weight is 331 g/mol. The number of nitrogens with two attached hydrogens (primary N) is 2. The lowest BCUT2D eigenvalue weighted by molar-refractivity contribution is -0.145. The first kappa shape index (κ1) is 25.0. The summed E-state index contributed by atoms with van der Waals surface area (Å²) in [6.45, 7) is 3.36. The zero-order valence-electron chi connectivity index (χ0n) is 12.6. The van der Waals surface area contributed by atoms with Crippen molar-refractivity contribution >= 4 is 30.8 Å². The Hall–Kier alpha value is -0.0300. The van der Waals surface area contributed by atoms with Gasteiger partial charge in [-0.15, -0.1) is 24.8 Å². The second kappa shape index (κ2) is 19.0. The van der Waals surface area contributed by atoms with Gasteiger partial charge in [0.2, 0.25) is 0 Å². The van der Waals surface area contributed by atoms with E-state index in [9.17, 15) is 4.79 Å². The monoisotopic (exact) mass is 330 g/mol. The summed E-state index contributed by atoms with van der Waals surface area (Å²) in [6.07, 6.45) is 9.63. The number of hydrogen-bond donors (Lipinski definition) is 2. The number of carbonyl (C=O) groups is 1. The molecule has 0 aliphatic rings. The quantitative estimate of drug-likeness (QED) is 0.425. The molecule has 20 heavy (non-hydrogen) atoms. The zero-order valence-corrected chi connectivity index (χ0v) is 14.3. The van der Waals surface area contributed by atoms with E-state index in [4.69, 9.17) is 16.2 Å². The van der Waals surface area contributed by atoms with Crippen LogP contribution in [0.3, 0.4) is 0 Å². The topological polar surface area (TPSA) is 78.3 Å². The molecule has 0 fully saturated rings. The van der Waals surface area contributed by atoms with Crippen molar-refractivity contribution in [1.29, 1.82) is 0 Å². The predicted octanol–water partition coefficient (Wildman–Crippen LogP) is 3.19. The highest BCUT2D eigenvalue weighted by molar-refractivity contribution is 5.85. The van der Waals surface area contributed by atoms with Crippen molar-refractivity contribution in [1.82, 2.24) is 0 Å². The Morgan fingerprint density at radius 3 is 2.20 bits per heavy atom. The van der Waals surface area contributed by atoms with E-state index in [1.807, 2.05) is 0 Å². The van der Waals surface area contributed by atoms with Gasteiger partial charge in [-0.2, -0.15) is 0 Å². The van der Waals surface area contributed by atoms with Gasteiger partial charge in [-0.1, -0.05) is 45.4 Å². The number of rotatable bonds is 12. The van der Waals surface area contributed by atoms with Crippen molar-refractivity contribution in [3.05, 3.63) is 0 Å². The minimum Gasteiger partial charge on any atom is -0.465 e. The molecule has 0 amide bonds. The van der Waals surface area contributed by atoms with Crippen LogP contribution in [0.15, 0.2) is 0 Å². The molecule has 4 nitrogen and oxygen atoms in total. The number of esters is 1. The van der Waals surface area contributed by atoms with Crippen molar-refractivity contribution < 1.29 is 9.53 Å². The molecule has 0 aromatic carbocycles. The molecule has 0 rings (SSSR count). The van der Waals surface area contributed by atoms with Crippen molar-refractivity contribution in [2.45, 2.75) is 70.8 Å². The largest absolute Gasteiger partial charge is 0.465 e. The van der Waals surface area contributed by atoms with Crippen LogP contribution in [0.2, 0.25) is 0 Å². The fourth-order valence-corrected chi connectivity index (χ4v) is 1.79. The summed E-state index contributed by atoms with van der Waals surface area (Å²) >= 11 is 0. The minimum absolute atomic E-state index is 0. The van der Waals surface area contributed by atoms with Gasteiger partial charge in [0.15, 0.2) is 0 Å². The van der Waals surface area contributed by atoms with Crippen LogP contribution in [0.4, 0.5) is 0 Å². The standard InChI is InChI=1S/C14H30N2O2.2ClH/c1-2-3-4-5-6-9-12-18-14(17)13(16)10-7-8-11-15;;/h13H,2-12,15-16H2,1H3;2*1H/t13-;;/m0../s1. The molecule has 0 heterocycles. The summed E-state index contributed by atoms with van der Waals surface area (Å²) in [6, 6.07) is -0.475. The third-order valence-electron chi connectivity index (χ3n) is 3.01. The Morgan fingerprint density at radius 2 is 1.60 bits per heavy atom. The lowest BCUT2D eigenvalue weighted by Crippen LogP contribution is -2.32. The third kappa shape index (κ3) is 16.0. The first-order valence-corrected chi connectivity index (χ1v) is 7.34.